The maximum atomic E-state index is 10.5. The van der Waals surface area contributed by atoms with E-state index in [1.165, 1.54) is 6.07 Å². The van der Waals surface area contributed by atoms with Gasteiger partial charge in [0, 0.05) is 5.69 Å². The third-order valence-corrected chi connectivity index (χ3v) is 1.67. The summed E-state index contributed by atoms with van der Waals surface area (Å²) in [6.45, 7) is 0. The van der Waals surface area contributed by atoms with Crippen LogP contribution in [0.25, 0.3) is 0 Å². The largest absolute Gasteiger partial charge is 0.399 e. The number of benzene rings is 1. The van der Waals surface area contributed by atoms with Gasteiger partial charge in [-0.3, -0.25) is 4.72 Å². The van der Waals surface area contributed by atoms with Crippen molar-refractivity contribution in [2.24, 2.45) is 5.14 Å². The molecule has 0 unspecified atom stereocenters. The predicted octanol–water partition coefficient (Wildman–Crippen LogP) is 0.520. The smallest absolute Gasteiger partial charge is 0.296 e. The second-order valence-electron chi connectivity index (χ2n) is 2.27. The molecule has 0 aliphatic rings. The average Bonchev–Trinajstić information content (AvgIpc) is 1.82. The van der Waals surface area contributed by atoms with E-state index in [-0.39, 0.29) is 7.43 Å². The monoisotopic (exact) mass is 203 g/mol. The molecule has 0 atom stereocenters. The van der Waals surface area contributed by atoms with Gasteiger partial charge in [0.1, 0.15) is 0 Å². The molecule has 0 aliphatic heterocycles. The number of nitrogen functional groups attached to an aromatic ring is 1. The Balaban J connectivity index is 0.00000144. The first-order valence-corrected chi connectivity index (χ1v) is 4.68. The van der Waals surface area contributed by atoms with Gasteiger partial charge in [0.25, 0.3) is 10.2 Å². The van der Waals surface area contributed by atoms with Crippen LogP contribution in [0.5, 0.6) is 0 Å². The zero-order valence-electron chi connectivity index (χ0n) is 6.19. The highest BCUT2D eigenvalue weighted by Gasteiger charge is 2.00. The molecule has 0 bridgehead atoms. The Morgan fingerprint density at radius 3 is 2.38 bits per heavy atom. The van der Waals surface area contributed by atoms with Crippen molar-refractivity contribution in [2.45, 2.75) is 7.43 Å². The maximum Gasteiger partial charge on any atom is 0.296 e. The molecule has 1 aromatic carbocycles. The lowest BCUT2D eigenvalue weighted by Crippen LogP contribution is -2.21. The summed E-state index contributed by atoms with van der Waals surface area (Å²) in [4.78, 5) is 0. The summed E-state index contributed by atoms with van der Waals surface area (Å²) in [5, 5.41) is 4.74. The van der Waals surface area contributed by atoms with Crippen molar-refractivity contribution in [3.05, 3.63) is 24.3 Å². The van der Waals surface area contributed by atoms with Gasteiger partial charge in [0.15, 0.2) is 0 Å². The molecule has 5 nitrogen and oxygen atoms in total. The summed E-state index contributed by atoms with van der Waals surface area (Å²) < 4.78 is 23.2. The van der Waals surface area contributed by atoms with Crippen LogP contribution < -0.4 is 15.6 Å². The SMILES string of the molecule is C.Nc1cccc(NS(N)(=O)=O)c1. The highest BCUT2D eigenvalue weighted by Crippen LogP contribution is 2.11. The van der Waals surface area contributed by atoms with E-state index in [1.807, 2.05) is 0 Å². The van der Waals surface area contributed by atoms with E-state index in [0.29, 0.717) is 11.4 Å². The molecule has 0 spiro atoms. The Labute approximate surface area is 77.9 Å². The third kappa shape index (κ3) is 4.34. The standard InChI is InChI=1S/C6H9N3O2S.CH4/c7-5-2-1-3-6(4-5)9-12(8,10)11;/h1-4,9H,7H2,(H2,8,10,11);1H4. The fraction of sp³-hybridized carbons (Fsp3) is 0.143. The minimum absolute atomic E-state index is 0. The molecule has 6 heteroatoms. The number of hydrogen-bond donors (Lipinski definition) is 3. The first kappa shape index (κ1) is 11.7. The summed E-state index contributed by atoms with van der Waals surface area (Å²) in [7, 11) is -3.70. The fourth-order valence-electron chi connectivity index (χ4n) is 0.766. The van der Waals surface area contributed by atoms with Crippen molar-refractivity contribution >= 4 is 21.6 Å². The van der Waals surface area contributed by atoms with Crippen LogP contribution in [0.15, 0.2) is 24.3 Å². The summed E-state index contributed by atoms with van der Waals surface area (Å²) in [6, 6.07) is 6.31. The maximum absolute atomic E-state index is 10.5. The van der Waals surface area contributed by atoms with Gasteiger partial charge in [0.05, 0.1) is 5.69 Å². The first-order chi connectivity index (χ1) is 5.47. The molecule has 0 fully saturated rings. The number of nitrogens with one attached hydrogen (secondary N) is 1. The second kappa shape index (κ2) is 4.11. The Kier molecular flexibility index (Phi) is 3.70. The zero-order chi connectivity index (χ0) is 9.19. The molecule has 13 heavy (non-hydrogen) atoms. The minimum Gasteiger partial charge on any atom is -0.399 e. The number of nitrogens with two attached hydrogens (primary N) is 2. The third-order valence-electron chi connectivity index (χ3n) is 1.15. The molecule has 0 heterocycles. The fourth-order valence-corrected chi connectivity index (χ4v) is 1.22. The van der Waals surface area contributed by atoms with Gasteiger partial charge in [-0.1, -0.05) is 13.5 Å². The van der Waals surface area contributed by atoms with Crippen LogP contribution in [0.1, 0.15) is 7.43 Å². The average molecular weight is 203 g/mol. The van der Waals surface area contributed by atoms with Gasteiger partial charge in [0.2, 0.25) is 0 Å². The Hall–Kier alpha value is -1.27. The van der Waals surface area contributed by atoms with E-state index in [4.69, 9.17) is 10.9 Å². The molecule has 1 aromatic rings. The van der Waals surface area contributed by atoms with Crippen molar-refractivity contribution in [1.29, 1.82) is 0 Å². The van der Waals surface area contributed by atoms with Crippen molar-refractivity contribution in [3.63, 3.8) is 0 Å². The predicted molar refractivity (Wildman–Crippen MR) is 54.3 cm³/mol. The lowest BCUT2D eigenvalue weighted by molar-refractivity contribution is 0.603. The van der Waals surface area contributed by atoms with Crippen LogP contribution in [0.2, 0.25) is 0 Å². The quantitative estimate of drug-likeness (QED) is 0.611. The molecule has 0 radical (unpaired) electrons. The van der Waals surface area contributed by atoms with Crippen LogP contribution in [0.3, 0.4) is 0 Å². The van der Waals surface area contributed by atoms with Crippen LogP contribution in [-0.4, -0.2) is 8.42 Å². The first-order valence-electron chi connectivity index (χ1n) is 3.13. The Morgan fingerprint density at radius 2 is 1.92 bits per heavy atom. The van der Waals surface area contributed by atoms with Crippen LogP contribution in [0.4, 0.5) is 11.4 Å². The number of rotatable bonds is 2. The molecule has 74 valence electrons. The lowest BCUT2D eigenvalue weighted by Gasteiger charge is -2.02. The highest BCUT2D eigenvalue weighted by molar-refractivity contribution is 7.90. The molecule has 0 saturated carbocycles. The summed E-state index contributed by atoms with van der Waals surface area (Å²) in [5.41, 5.74) is 6.24. The zero-order valence-corrected chi connectivity index (χ0v) is 7.01. The van der Waals surface area contributed by atoms with E-state index in [0.717, 1.165) is 0 Å². The minimum atomic E-state index is -3.70. The topological polar surface area (TPSA) is 98.2 Å². The molecule has 0 amide bonds. The van der Waals surface area contributed by atoms with Crippen LogP contribution >= 0.6 is 0 Å². The van der Waals surface area contributed by atoms with E-state index < -0.39 is 10.2 Å². The number of anilines is 2. The Morgan fingerprint density at radius 1 is 1.31 bits per heavy atom. The Bertz CT molecular complexity index is 375. The number of hydrogen-bond acceptors (Lipinski definition) is 3. The summed E-state index contributed by atoms with van der Waals surface area (Å²) >= 11 is 0. The molecular formula is C7H13N3O2S. The lowest BCUT2D eigenvalue weighted by atomic mass is 10.3. The van der Waals surface area contributed by atoms with E-state index in [9.17, 15) is 8.42 Å². The van der Waals surface area contributed by atoms with Gasteiger partial charge < -0.3 is 5.73 Å². The van der Waals surface area contributed by atoms with Crippen LogP contribution in [-0.2, 0) is 10.2 Å². The van der Waals surface area contributed by atoms with E-state index in [2.05, 4.69) is 4.72 Å². The van der Waals surface area contributed by atoms with Crippen molar-refractivity contribution < 1.29 is 8.42 Å². The van der Waals surface area contributed by atoms with Gasteiger partial charge in [-0.05, 0) is 18.2 Å². The van der Waals surface area contributed by atoms with Crippen molar-refractivity contribution in [1.82, 2.24) is 0 Å². The normalized spacial score (nSPS) is 10.2. The van der Waals surface area contributed by atoms with E-state index in [1.54, 1.807) is 18.2 Å². The second-order valence-corrected chi connectivity index (χ2v) is 3.57. The van der Waals surface area contributed by atoms with Crippen LogP contribution in [0, 0.1) is 0 Å². The van der Waals surface area contributed by atoms with Gasteiger partial charge in [-0.2, -0.15) is 8.42 Å². The highest BCUT2D eigenvalue weighted by atomic mass is 32.2. The van der Waals surface area contributed by atoms with Gasteiger partial charge >= 0.3 is 0 Å². The molecule has 0 aliphatic carbocycles. The van der Waals surface area contributed by atoms with E-state index >= 15 is 0 Å². The van der Waals surface area contributed by atoms with Crippen molar-refractivity contribution in [2.75, 3.05) is 10.5 Å². The van der Waals surface area contributed by atoms with Crippen molar-refractivity contribution in [3.8, 4) is 0 Å². The van der Waals surface area contributed by atoms with Gasteiger partial charge in [-0.25, -0.2) is 5.14 Å². The van der Waals surface area contributed by atoms with Gasteiger partial charge in [-0.15, -0.1) is 0 Å². The molecule has 1 rings (SSSR count). The summed E-state index contributed by atoms with van der Waals surface area (Å²) in [5.74, 6) is 0. The molecule has 0 aromatic heterocycles. The molecule has 5 N–H and O–H groups in total. The molecule has 0 saturated heterocycles. The molecular weight excluding hydrogens is 190 g/mol. The summed E-state index contributed by atoms with van der Waals surface area (Å²) in [6.07, 6.45) is 0.